The van der Waals surface area contributed by atoms with E-state index in [1.165, 1.54) is 0 Å². The molecular formula is C13H15Cl2NO3. The number of carbonyl (C=O) groups excluding carboxylic acids is 1. The molecule has 0 aliphatic carbocycles. The number of hydrogen-bond donors (Lipinski definition) is 1. The van der Waals surface area contributed by atoms with Crippen LogP contribution in [0.1, 0.15) is 13.3 Å². The second-order valence-corrected chi connectivity index (χ2v) is 5.74. The van der Waals surface area contributed by atoms with E-state index in [4.69, 9.17) is 27.9 Å². The third-order valence-corrected chi connectivity index (χ3v) is 3.63. The lowest BCUT2D eigenvalue weighted by Crippen LogP contribution is -2.61. The lowest BCUT2D eigenvalue weighted by Gasteiger charge is -2.44. The SMILES string of the molecule is CC1(O)CN(C(=O)CCOc2ccc(Cl)c(Cl)c2)C1. The van der Waals surface area contributed by atoms with Gasteiger partial charge in [-0.1, -0.05) is 23.2 Å². The first kappa shape index (κ1) is 14.4. The minimum atomic E-state index is -0.736. The van der Waals surface area contributed by atoms with E-state index in [9.17, 15) is 9.90 Å². The first-order valence-corrected chi connectivity index (χ1v) is 6.71. The van der Waals surface area contributed by atoms with E-state index in [0.29, 0.717) is 28.9 Å². The lowest BCUT2D eigenvalue weighted by molar-refractivity contribution is -0.152. The number of benzene rings is 1. The summed E-state index contributed by atoms with van der Waals surface area (Å²) in [5.41, 5.74) is -0.736. The molecule has 0 unspecified atom stereocenters. The molecule has 0 saturated carbocycles. The van der Waals surface area contributed by atoms with Gasteiger partial charge in [0.2, 0.25) is 5.91 Å². The molecule has 104 valence electrons. The average Bonchev–Trinajstić information content (AvgIpc) is 2.30. The topological polar surface area (TPSA) is 49.8 Å². The van der Waals surface area contributed by atoms with Gasteiger partial charge in [-0.05, 0) is 19.1 Å². The van der Waals surface area contributed by atoms with E-state index in [1.54, 1.807) is 30.0 Å². The molecule has 19 heavy (non-hydrogen) atoms. The van der Waals surface area contributed by atoms with Crippen molar-refractivity contribution in [2.45, 2.75) is 18.9 Å². The number of carbonyl (C=O) groups is 1. The number of β-amino-alcohol motifs (C(OH)–C–C–N with tert-alkyl or cyclic N) is 1. The van der Waals surface area contributed by atoms with Crippen molar-refractivity contribution in [1.82, 2.24) is 4.90 Å². The second-order valence-electron chi connectivity index (χ2n) is 4.92. The number of hydrogen-bond acceptors (Lipinski definition) is 3. The van der Waals surface area contributed by atoms with Crippen molar-refractivity contribution < 1.29 is 14.6 Å². The minimum Gasteiger partial charge on any atom is -0.493 e. The molecular weight excluding hydrogens is 289 g/mol. The van der Waals surface area contributed by atoms with Gasteiger partial charge in [0.05, 0.1) is 41.8 Å². The largest absolute Gasteiger partial charge is 0.493 e. The normalized spacial score (nSPS) is 16.9. The number of nitrogens with zero attached hydrogens (tertiary/aromatic N) is 1. The van der Waals surface area contributed by atoms with Crippen molar-refractivity contribution in [2.75, 3.05) is 19.7 Å². The Morgan fingerprint density at radius 2 is 2.11 bits per heavy atom. The number of amides is 1. The second kappa shape index (κ2) is 5.57. The van der Waals surface area contributed by atoms with E-state index in [1.807, 2.05) is 0 Å². The van der Waals surface area contributed by atoms with Crippen LogP contribution in [0, 0.1) is 0 Å². The highest BCUT2D eigenvalue weighted by Gasteiger charge is 2.38. The molecule has 0 spiro atoms. The van der Waals surface area contributed by atoms with Gasteiger partial charge in [-0.25, -0.2) is 0 Å². The van der Waals surface area contributed by atoms with Crippen molar-refractivity contribution in [3.05, 3.63) is 28.2 Å². The maximum atomic E-state index is 11.7. The van der Waals surface area contributed by atoms with Gasteiger partial charge in [0.25, 0.3) is 0 Å². The molecule has 0 atom stereocenters. The summed E-state index contributed by atoms with van der Waals surface area (Å²) in [6, 6.07) is 4.96. The van der Waals surface area contributed by atoms with E-state index in [2.05, 4.69) is 0 Å². The molecule has 6 heteroatoms. The first-order chi connectivity index (χ1) is 8.87. The first-order valence-electron chi connectivity index (χ1n) is 5.95. The molecule has 1 heterocycles. The quantitative estimate of drug-likeness (QED) is 0.929. The maximum absolute atomic E-state index is 11.7. The van der Waals surface area contributed by atoms with Gasteiger partial charge in [-0.3, -0.25) is 4.79 Å². The standard InChI is InChI=1S/C13H15Cl2NO3/c1-13(18)7-16(8-13)12(17)4-5-19-9-2-3-10(14)11(15)6-9/h2-3,6,18H,4-5,7-8H2,1H3. The molecule has 1 aliphatic heterocycles. The Morgan fingerprint density at radius 1 is 1.42 bits per heavy atom. The lowest BCUT2D eigenvalue weighted by atomic mass is 9.97. The van der Waals surface area contributed by atoms with E-state index in [-0.39, 0.29) is 18.9 Å². The summed E-state index contributed by atoms with van der Waals surface area (Å²) in [4.78, 5) is 13.3. The molecule has 1 N–H and O–H groups in total. The Balaban J connectivity index is 1.74. The van der Waals surface area contributed by atoms with Crippen LogP contribution >= 0.6 is 23.2 Å². The summed E-state index contributed by atoms with van der Waals surface area (Å²) in [5, 5.41) is 10.4. The molecule has 1 amide bonds. The van der Waals surface area contributed by atoms with E-state index in [0.717, 1.165) is 0 Å². The predicted molar refractivity (Wildman–Crippen MR) is 73.8 cm³/mol. The zero-order valence-corrected chi connectivity index (χ0v) is 12.0. The Bertz CT molecular complexity index is 483. The maximum Gasteiger partial charge on any atom is 0.226 e. The minimum absolute atomic E-state index is 0.0217. The molecule has 4 nitrogen and oxygen atoms in total. The molecule has 1 saturated heterocycles. The van der Waals surface area contributed by atoms with Crippen LogP contribution in [0.4, 0.5) is 0 Å². The summed E-state index contributed by atoms with van der Waals surface area (Å²) in [6.07, 6.45) is 0.274. The predicted octanol–water partition coefficient (Wildman–Crippen LogP) is 2.36. The van der Waals surface area contributed by atoms with Crippen LogP contribution in [0.15, 0.2) is 18.2 Å². The fraction of sp³-hybridized carbons (Fsp3) is 0.462. The van der Waals surface area contributed by atoms with Crippen LogP contribution < -0.4 is 4.74 Å². The van der Waals surface area contributed by atoms with Crippen molar-refractivity contribution in [3.63, 3.8) is 0 Å². The van der Waals surface area contributed by atoms with Crippen LogP contribution in [0.3, 0.4) is 0 Å². The average molecular weight is 304 g/mol. The number of aliphatic hydroxyl groups is 1. The van der Waals surface area contributed by atoms with Crippen LogP contribution in [0.2, 0.25) is 10.0 Å². The fourth-order valence-corrected chi connectivity index (χ4v) is 2.22. The van der Waals surface area contributed by atoms with Crippen molar-refractivity contribution in [3.8, 4) is 5.75 Å². The van der Waals surface area contributed by atoms with Crippen LogP contribution in [0.5, 0.6) is 5.75 Å². The molecule has 1 aromatic rings. The van der Waals surface area contributed by atoms with Gasteiger partial charge in [0.15, 0.2) is 0 Å². The number of likely N-dealkylation sites (tertiary alicyclic amines) is 1. The van der Waals surface area contributed by atoms with Crippen molar-refractivity contribution in [2.24, 2.45) is 0 Å². The molecule has 1 aliphatic rings. The zero-order chi connectivity index (χ0) is 14.0. The van der Waals surface area contributed by atoms with Crippen molar-refractivity contribution in [1.29, 1.82) is 0 Å². The molecule has 1 fully saturated rings. The smallest absolute Gasteiger partial charge is 0.226 e. The van der Waals surface area contributed by atoms with Crippen LogP contribution in [0.25, 0.3) is 0 Å². The molecule has 1 aromatic carbocycles. The number of halogens is 2. The van der Waals surface area contributed by atoms with Crippen molar-refractivity contribution >= 4 is 29.1 Å². The molecule has 0 radical (unpaired) electrons. The van der Waals surface area contributed by atoms with Gasteiger partial charge < -0.3 is 14.7 Å². The third kappa shape index (κ3) is 3.75. The van der Waals surface area contributed by atoms with Gasteiger partial charge >= 0.3 is 0 Å². The summed E-state index contributed by atoms with van der Waals surface area (Å²) >= 11 is 11.6. The summed E-state index contributed by atoms with van der Waals surface area (Å²) < 4.78 is 5.43. The summed E-state index contributed by atoms with van der Waals surface area (Å²) in [5.74, 6) is 0.560. The van der Waals surface area contributed by atoms with E-state index >= 15 is 0 Å². The summed E-state index contributed by atoms with van der Waals surface area (Å²) in [6.45, 7) is 2.76. The van der Waals surface area contributed by atoms with Gasteiger partial charge in [-0.2, -0.15) is 0 Å². The molecule has 2 rings (SSSR count). The van der Waals surface area contributed by atoms with Crippen LogP contribution in [-0.4, -0.2) is 41.2 Å². The third-order valence-electron chi connectivity index (χ3n) is 2.89. The zero-order valence-electron chi connectivity index (χ0n) is 10.5. The number of ether oxygens (including phenoxy) is 1. The molecule has 0 aromatic heterocycles. The highest BCUT2D eigenvalue weighted by Crippen LogP contribution is 2.26. The Hall–Kier alpha value is -0.970. The van der Waals surface area contributed by atoms with Gasteiger partial charge in [-0.15, -0.1) is 0 Å². The molecule has 0 bridgehead atoms. The van der Waals surface area contributed by atoms with E-state index < -0.39 is 5.60 Å². The number of rotatable bonds is 4. The van der Waals surface area contributed by atoms with Gasteiger partial charge in [0, 0.05) is 6.07 Å². The summed E-state index contributed by atoms with van der Waals surface area (Å²) in [7, 11) is 0. The Kier molecular flexibility index (Phi) is 4.23. The Morgan fingerprint density at radius 3 is 2.68 bits per heavy atom. The fourth-order valence-electron chi connectivity index (χ4n) is 1.93. The highest BCUT2D eigenvalue weighted by atomic mass is 35.5. The highest BCUT2D eigenvalue weighted by molar-refractivity contribution is 6.42. The van der Waals surface area contributed by atoms with Crippen LogP contribution in [-0.2, 0) is 4.79 Å². The monoisotopic (exact) mass is 303 g/mol. The van der Waals surface area contributed by atoms with Gasteiger partial charge in [0.1, 0.15) is 5.75 Å². The Labute approximate surface area is 121 Å².